The standard InChI is InChI=1S/C16H17BrO2S/c1-19-14-7-8-16(17)12(10-14)9-13(18)11-20-15-5-3-2-4-6-15/h2-8,10,13,18H,9,11H2,1H3. The molecule has 0 radical (unpaired) electrons. The van der Waals surface area contributed by atoms with Crippen LogP contribution in [0.1, 0.15) is 5.56 Å². The Morgan fingerprint density at radius 2 is 1.95 bits per heavy atom. The molecule has 0 amide bonds. The first-order valence-electron chi connectivity index (χ1n) is 6.37. The van der Waals surface area contributed by atoms with E-state index in [0.717, 1.165) is 15.8 Å². The Morgan fingerprint density at radius 1 is 1.20 bits per heavy atom. The summed E-state index contributed by atoms with van der Waals surface area (Å²) in [5.74, 6) is 1.49. The van der Waals surface area contributed by atoms with E-state index in [-0.39, 0.29) is 6.10 Å². The molecular formula is C16H17BrO2S. The van der Waals surface area contributed by atoms with E-state index in [1.165, 1.54) is 4.90 Å². The largest absolute Gasteiger partial charge is 0.497 e. The van der Waals surface area contributed by atoms with E-state index >= 15 is 0 Å². The fourth-order valence-electron chi connectivity index (χ4n) is 1.86. The van der Waals surface area contributed by atoms with Gasteiger partial charge in [-0.3, -0.25) is 0 Å². The molecule has 4 heteroatoms. The Morgan fingerprint density at radius 3 is 2.65 bits per heavy atom. The molecule has 1 unspecified atom stereocenters. The summed E-state index contributed by atoms with van der Waals surface area (Å²) in [6, 6.07) is 15.9. The Labute approximate surface area is 132 Å². The summed E-state index contributed by atoms with van der Waals surface area (Å²) in [6.07, 6.45) is 0.223. The van der Waals surface area contributed by atoms with E-state index < -0.39 is 0 Å². The third kappa shape index (κ3) is 4.54. The van der Waals surface area contributed by atoms with E-state index in [1.807, 2.05) is 36.4 Å². The second kappa shape index (κ2) is 7.72. The topological polar surface area (TPSA) is 29.5 Å². The molecule has 0 aliphatic heterocycles. The maximum absolute atomic E-state index is 10.2. The molecule has 2 rings (SSSR count). The number of rotatable bonds is 6. The summed E-state index contributed by atoms with van der Waals surface area (Å²) in [4.78, 5) is 1.18. The van der Waals surface area contributed by atoms with E-state index in [0.29, 0.717) is 12.2 Å². The number of thioether (sulfide) groups is 1. The van der Waals surface area contributed by atoms with E-state index in [4.69, 9.17) is 4.74 Å². The molecule has 0 aliphatic carbocycles. The van der Waals surface area contributed by atoms with Gasteiger partial charge in [-0.1, -0.05) is 34.1 Å². The molecule has 0 bridgehead atoms. The van der Waals surface area contributed by atoms with Gasteiger partial charge in [0, 0.05) is 21.5 Å². The van der Waals surface area contributed by atoms with Gasteiger partial charge < -0.3 is 9.84 Å². The number of aliphatic hydroxyl groups is 1. The molecule has 2 aromatic rings. The third-order valence-corrected chi connectivity index (χ3v) is 4.82. The molecule has 20 heavy (non-hydrogen) atoms. The van der Waals surface area contributed by atoms with Crippen molar-refractivity contribution in [2.24, 2.45) is 0 Å². The zero-order chi connectivity index (χ0) is 14.4. The van der Waals surface area contributed by atoms with Crippen LogP contribution in [-0.2, 0) is 6.42 Å². The van der Waals surface area contributed by atoms with Gasteiger partial charge in [-0.25, -0.2) is 0 Å². The van der Waals surface area contributed by atoms with E-state index in [9.17, 15) is 5.11 Å². The number of halogens is 1. The van der Waals surface area contributed by atoms with Crippen molar-refractivity contribution >= 4 is 27.7 Å². The molecule has 0 saturated carbocycles. The minimum Gasteiger partial charge on any atom is -0.497 e. The van der Waals surface area contributed by atoms with Crippen molar-refractivity contribution in [1.29, 1.82) is 0 Å². The fourth-order valence-corrected chi connectivity index (χ4v) is 3.12. The molecule has 2 aromatic carbocycles. The lowest BCUT2D eigenvalue weighted by Crippen LogP contribution is -2.13. The lowest BCUT2D eigenvalue weighted by molar-refractivity contribution is 0.200. The average molecular weight is 353 g/mol. The predicted molar refractivity (Wildman–Crippen MR) is 87.6 cm³/mol. The summed E-state index contributed by atoms with van der Waals surface area (Å²) in [7, 11) is 1.65. The lowest BCUT2D eigenvalue weighted by Gasteiger charge is -2.12. The number of benzene rings is 2. The van der Waals surface area contributed by atoms with Crippen molar-refractivity contribution < 1.29 is 9.84 Å². The SMILES string of the molecule is COc1ccc(Br)c(CC(O)CSc2ccccc2)c1. The number of ether oxygens (including phenoxy) is 1. The minimum absolute atomic E-state index is 0.386. The predicted octanol–water partition coefficient (Wildman–Crippen LogP) is 4.15. The fraction of sp³-hybridized carbons (Fsp3) is 0.250. The summed E-state index contributed by atoms with van der Waals surface area (Å²) >= 11 is 5.18. The van der Waals surface area contributed by atoms with Gasteiger partial charge in [0.2, 0.25) is 0 Å². The lowest BCUT2D eigenvalue weighted by atomic mass is 10.1. The molecule has 0 saturated heterocycles. The van der Waals surface area contributed by atoms with Crippen molar-refractivity contribution in [2.45, 2.75) is 17.4 Å². The average Bonchev–Trinajstić information content (AvgIpc) is 2.48. The first kappa shape index (κ1) is 15.4. The highest BCUT2D eigenvalue weighted by molar-refractivity contribution is 9.10. The Hall–Kier alpha value is -0.970. The summed E-state index contributed by atoms with van der Waals surface area (Å²) in [6.45, 7) is 0. The Bertz CT molecular complexity index is 545. The van der Waals surface area contributed by atoms with Crippen LogP contribution in [-0.4, -0.2) is 24.1 Å². The van der Waals surface area contributed by atoms with Crippen LogP contribution >= 0.6 is 27.7 Å². The van der Waals surface area contributed by atoms with Crippen LogP contribution in [0.15, 0.2) is 57.9 Å². The Balaban J connectivity index is 1.92. The normalized spacial score (nSPS) is 12.2. The number of aliphatic hydroxyl groups excluding tert-OH is 1. The van der Waals surface area contributed by atoms with E-state index in [2.05, 4.69) is 28.1 Å². The molecule has 2 nitrogen and oxygen atoms in total. The van der Waals surface area contributed by atoms with Gasteiger partial charge in [-0.2, -0.15) is 0 Å². The molecule has 0 fully saturated rings. The number of methoxy groups -OCH3 is 1. The van der Waals surface area contributed by atoms with Crippen molar-refractivity contribution in [2.75, 3.05) is 12.9 Å². The monoisotopic (exact) mass is 352 g/mol. The Kier molecular flexibility index (Phi) is 5.95. The molecular weight excluding hydrogens is 336 g/mol. The van der Waals surface area contributed by atoms with Crippen LogP contribution in [0.5, 0.6) is 5.75 Å². The molecule has 106 valence electrons. The van der Waals surface area contributed by atoms with Gasteiger partial charge in [0.25, 0.3) is 0 Å². The van der Waals surface area contributed by atoms with Crippen molar-refractivity contribution in [3.8, 4) is 5.75 Å². The highest BCUT2D eigenvalue weighted by atomic mass is 79.9. The first-order chi connectivity index (χ1) is 9.69. The second-order valence-electron chi connectivity index (χ2n) is 4.44. The van der Waals surface area contributed by atoms with Gasteiger partial charge in [0.05, 0.1) is 13.2 Å². The van der Waals surface area contributed by atoms with Crippen LogP contribution in [0.3, 0.4) is 0 Å². The van der Waals surface area contributed by atoms with E-state index in [1.54, 1.807) is 18.9 Å². The summed E-state index contributed by atoms with van der Waals surface area (Å²) < 4.78 is 6.21. The number of hydrogen-bond donors (Lipinski definition) is 1. The number of hydrogen-bond acceptors (Lipinski definition) is 3. The van der Waals surface area contributed by atoms with Gasteiger partial charge >= 0.3 is 0 Å². The summed E-state index contributed by atoms with van der Waals surface area (Å²) in [5.41, 5.74) is 1.06. The molecule has 1 atom stereocenters. The van der Waals surface area contributed by atoms with Crippen molar-refractivity contribution in [1.82, 2.24) is 0 Å². The van der Waals surface area contributed by atoms with Crippen LogP contribution in [0.2, 0.25) is 0 Å². The molecule has 0 heterocycles. The summed E-state index contributed by atoms with van der Waals surface area (Å²) in [5, 5.41) is 10.2. The molecule has 0 aliphatic rings. The smallest absolute Gasteiger partial charge is 0.119 e. The maximum Gasteiger partial charge on any atom is 0.119 e. The van der Waals surface area contributed by atoms with Gasteiger partial charge in [0.15, 0.2) is 0 Å². The van der Waals surface area contributed by atoms with Crippen molar-refractivity contribution in [3.05, 3.63) is 58.6 Å². The van der Waals surface area contributed by atoms with Gasteiger partial charge in [0.1, 0.15) is 5.75 Å². The quantitative estimate of drug-likeness (QED) is 0.791. The molecule has 1 N–H and O–H groups in total. The third-order valence-electron chi connectivity index (χ3n) is 2.89. The van der Waals surface area contributed by atoms with Crippen LogP contribution in [0.25, 0.3) is 0 Å². The first-order valence-corrected chi connectivity index (χ1v) is 8.15. The highest BCUT2D eigenvalue weighted by Gasteiger charge is 2.10. The van der Waals surface area contributed by atoms with Crippen LogP contribution in [0, 0.1) is 0 Å². The zero-order valence-electron chi connectivity index (χ0n) is 11.3. The second-order valence-corrected chi connectivity index (χ2v) is 6.39. The van der Waals surface area contributed by atoms with Crippen molar-refractivity contribution in [3.63, 3.8) is 0 Å². The van der Waals surface area contributed by atoms with Gasteiger partial charge in [-0.15, -0.1) is 11.8 Å². The highest BCUT2D eigenvalue weighted by Crippen LogP contribution is 2.25. The van der Waals surface area contributed by atoms with Crippen LogP contribution in [0.4, 0.5) is 0 Å². The molecule has 0 spiro atoms. The minimum atomic E-state index is -0.386. The molecule has 0 aromatic heterocycles. The van der Waals surface area contributed by atoms with Crippen LogP contribution < -0.4 is 4.74 Å². The van der Waals surface area contributed by atoms with Gasteiger partial charge in [-0.05, 0) is 35.9 Å². The zero-order valence-corrected chi connectivity index (χ0v) is 13.7. The maximum atomic E-state index is 10.2.